The lowest BCUT2D eigenvalue weighted by Gasteiger charge is -2.22. The van der Waals surface area contributed by atoms with E-state index in [4.69, 9.17) is 11.6 Å². The third-order valence-corrected chi connectivity index (χ3v) is 3.72. The van der Waals surface area contributed by atoms with Crippen molar-refractivity contribution in [1.29, 1.82) is 0 Å². The van der Waals surface area contributed by atoms with Crippen molar-refractivity contribution in [2.24, 2.45) is 0 Å². The summed E-state index contributed by atoms with van der Waals surface area (Å²) in [7, 11) is 0. The van der Waals surface area contributed by atoms with Crippen LogP contribution in [0, 0.1) is 0 Å². The number of nitrogens with one attached hydrogen (secondary N) is 1. The summed E-state index contributed by atoms with van der Waals surface area (Å²) >= 11 is 6.05. The van der Waals surface area contributed by atoms with Gasteiger partial charge in [0.05, 0.1) is 0 Å². The van der Waals surface area contributed by atoms with Gasteiger partial charge >= 0.3 is 0 Å². The normalized spacial score (nSPS) is 16.9. The molecule has 21 heavy (non-hydrogen) atoms. The molecule has 1 aromatic carbocycles. The number of anilines is 3. The van der Waals surface area contributed by atoms with E-state index in [-0.39, 0.29) is 5.28 Å². The highest BCUT2D eigenvalue weighted by atomic mass is 35.5. The van der Waals surface area contributed by atoms with Crippen molar-refractivity contribution < 1.29 is 0 Å². The molecule has 6 heteroatoms. The van der Waals surface area contributed by atoms with Gasteiger partial charge in [0.2, 0.25) is 17.2 Å². The van der Waals surface area contributed by atoms with Gasteiger partial charge in [-0.15, -0.1) is 0 Å². The van der Waals surface area contributed by atoms with E-state index in [1.165, 1.54) is 5.56 Å². The second-order valence-electron chi connectivity index (χ2n) is 5.21. The van der Waals surface area contributed by atoms with Crippen LogP contribution in [0.1, 0.15) is 25.8 Å². The van der Waals surface area contributed by atoms with Crippen LogP contribution < -0.4 is 10.2 Å². The summed E-state index contributed by atoms with van der Waals surface area (Å²) in [4.78, 5) is 15.1. The lowest BCUT2D eigenvalue weighted by atomic mass is 10.1. The number of para-hydroxylation sites is 1. The van der Waals surface area contributed by atoms with E-state index in [1.54, 1.807) is 0 Å². The number of nitrogens with zero attached hydrogens (tertiary/aromatic N) is 4. The van der Waals surface area contributed by atoms with Gasteiger partial charge in [-0.25, -0.2) is 0 Å². The van der Waals surface area contributed by atoms with Crippen LogP contribution in [-0.2, 0) is 6.42 Å². The molecule has 110 valence electrons. The predicted octanol–water partition coefficient (Wildman–Crippen LogP) is 3.43. The van der Waals surface area contributed by atoms with E-state index < -0.39 is 0 Å². The largest absolute Gasteiger partial charge is 0.354 e. The second kappa shape index (κ2) is 5.85. The number of hydrogen-bond acceptors (Lipinski definition) is 5. The zero-order valence-corrected chi connectivity index (χ0v) is 12.9. The fourth-order valence-corrected chi connectivity index (χ4v) is 2.79. The quantitative estimate of drug-likeness (QED) is 0.938. The van der Waals surface area contributed by atoms with Crippen LogP contribution in [0.3, 0.4) is 0 Å². The van der Waals surface area contributed by atoms with E-state index >= 15 is 0 Å². The summed E-state index contributed by atoms with van der Waals surface area (Å²) in [6.45, 7) is 5.07. The van der Waals surface area contributed by atoms with Crippen molar-refractivity contribution in [3.05, 3.63) is 35.1 Å². The molecule has 1 aliphatic heterocycles. The first-order valence-corrected chi connectivity index (χ1v) is 7.59. The number of halogens is 1. The first-order valence-electron chi connectivity index (χ1n) is 7.21. The van der Waals surface area contributed by atoms with Gasteiger partial charge < -0.3 is 10.2 Å². The molecule has 0 fully saturated rings. The molecule has 3 rings (SSSR count). The summed E-state index contributed by atoms with van der Waals surface area (Å²) < 4.78 is 0. The molecule has 2 heterocycles. The number of hydrogen-bond donors (Lipinski definition) is 1. The number of rotatable bonds is 4. The molecule has 5 nitrogen and oxygen atoms in total. The summed E-state index contributed by atoms with van der Waals surface area (Å²) in [5, 5.41) is 3.38. The highest BCUT2D eigenvalue weighted by Gasteiger charge is 2.29. The molecule has 0 aliphatic carbocycles. The van der Waals surface area contributed by atoms with Crippen LogP contribution >= 0.6 is 11.6 Å². The molecule has 0 radical (unpaired) electrons. The molecule has 0 amide bonds. The smallest absolute Gasteiger partial charge is 0.236 e. The maximum absolute atomic E-state index is 6.05. The van der Waals surface area contributed by atoms with Crippen LogP contribution in [0.2, 0.25) is 5.28 Å². The fraction of sp³-hybridized carbons (Fsp3) is 0.400. The standard InChI is InChI=1S/C15H18ClN5/c1-3-8-17-14-18-13(16)19-15(20-14)21-10(2)9-11-6-4-5-7-12(11)21/h4-7,10H,3,8-9H2,1-2H3,(H,17,18,19,20). The molecular weight excluding hydrogens is 286 g/mol. The zero-order valence-electron chi connectivity index (χ0n) is 12.2. The summed E-state index contributed by atoms with van der Waals surface area (Å²) in [5.74, 6) is 1.13. The highest BCUT2D eigenvalue weighted by molar-refractivity contribution is 6.28. The molecule has 1 unspecified atom stereocenters. The SMILES string of the molecule is CCCNc1nc(Cl)nc(N2c3ccccc3CC2C)n1. The molecule has 1 N–H and O–H groups in total. The van der Waals surface area contributed by atoms with Crippen LogP contribution in [0.4, 0.5) is 17.6 Å². The first kappa shape index (κ1) is 14.1. The predicted molar refractivity (Wildman–Crippen MR) is 85.4 cm³/mol. The van der Waals surface area contributed by atoms with Crippen molar-refractivity contribution in [3.63, 3.8) is 0 Å². The average Bonchev–Trinajstić information content (AvgIpc) is 2.80. The molecule has 0 spiro atoms. The fourth-order valence-electron chi connectivity index (χ4n) is 2.63. The molecule has 2 aromatic rings. The third kappa shape index (κ3) is 2.78. The lowest BCUT2D eigenvalue weighted by Crippen LogP contribution is -2.26. The topological polar surface area (TPSA) is 53.9 Å². The number of fused-ring (bicyclic) bond motifs is 1. The lowest BCUT2D eigenvalue weighted by molar-refractivity contribution is 0.736. The van der Waals surface area contributed by atoms with Crippen LogP contribution in [-0.4, -0.2) is 27.5 Å². The Kier molecular flexibility index (Phi) is 3.92. The Morgan fingerprint density at radius 3 is 2.90 bits per heavy atom. The van der Waals surface area contributed by atoms with Gasteiger partial charge in [0.15, 0.2) is 0 Å². The Bertz CT molecular complexity index is 646. The van der Waals surface area contributed by atoms with Gasteiger partial charge in [-0.1, -0.05) is 25.1 Å². The number of aromatic nitrogens is 3. The van der Waals surface area contributed by atoms with Crippen molar-refractivity contribution >= 4 is 29.2 Å². The Morgan fingerprint density at radius 2 is 2.10 bits per heavy atom. The van der Waals surface area contributed by atoms with E-state index in [2.05, 4.69) is 57.2 Å². The van der Waals surface area contributed by atoms with Crippen LogP contribution in [0.5, 0.6) is 0 Å². The van der Waals surface area contributed by atoms with Crippen molar-refractivity contribution in [2.75, 3.05) is 16.8 Å². The molecular formula is C15H18ClN5. The van der Waals surface area contributed by atoms with Gasteiger partial charge in [-0.3, -0.25) is 0 Å². The maximum atomic E-state index is 6.05. The molecule has 1 atom stereocenters. The van der Waals surface area contributed by atoms with Gasteiger partial charge in [-0.2, -0.15) is 15.0 Å². The highest BCUT2D eigenvalue weighted by Crippen LogP contribution is 2.36. The van der Waals surface area contributed by atoms with Crippen molar-refractivity contribution in [3.8, 4) is 0 Å². The van der Waals surface area contributed by atoms with E-state index in [0.717, 1.165) is 25.1 Å². The monoisotopic (exact) mass is 303 g/mol. The van der Waals surface area contributed by atoms with Gasteiger partial charge in [0, 0.05) is 18.3 Å². The Hall–Kier alpha value is -1.88. The minimum absolute atomic E-state index is 0.218. The Balaban J connectivity index is 1.98. The van der Waals surface area contributed by atoms with Crippen LogP contribution in [0.15, 0.2) is 24.3 Å². The average molecular weight is 304 g/mol. The molecule has 1 aromatic heterocycles. The van der Waals surface area contributed by atoms with Crippen molar-refractivity contribution in [1.82, 2.24) is 15.0 Å². The zero-order chi connectivity index (χ0) is 14.8. The molecule has 0 bridgehead atoms. The summed E-state index contributed by atoms with van der Waals surface area (Å²) in [5.41, 5.74) is 2.46. The number of benzene rings is 1. The summed E-state index contributed by atoms with van der Waals surface area (Å²) in [6.07, 6.45) is 1.98. The second-order valence-corrected chi connectivity index (χ2v) is 5.54. The Labute approximate surface area is 129 Å². The molecule has 0 saturated heterocycles. The minimum atomic E-state index is 0.218. The van der Waals surface area contributed by atoms with Gasteiger partial charge in [0.25, 0.3) is 0 Å². The van der Waals surface area contributed by atoms with Crippen LogP contribution in [0.25, 0.3) is 0 Å². The summed E-state index contributed by atoms with van der Waals surface area (Å²) in [6, 6.07) is 8.63. The van der Waals surface area contributed by atoms with Gasteiger partial charge in [0.1, 0.15) is 0 Å². The van der Waals surface area contributed by atoms with Gasteiger partial charge in [-0.05, 0) is 43.0 Å². The maximum Gasteiger partial charge on any atom is 0.236 e. The first-order chi connectivity index (χ1) is 10.2. The van der Waals surface area contributed by atoms with E-state index in [1.807, 2.05) is 6.07 Å². The van der Waals surface area contributed by atoms with E-state index in [9.17, 15) is 0 Å². The minimum Gasteiger partial charge on any atom is -0.354 e. The third-order valence-electron chi connectivity index (χ3n) is 3.55. The van der Waals surface area contributed by atoms with Crippen molar-refractivity contribution in [2.45, 2.75) is 32.7 Å². The Morgan fingerprint density at radius 1 is 1.29 bits per heavy atom. The van der Waals surface area contributed by atoms with E-state index in [0.29, 0.717) is 17.9 Å². The molecule has 1 aliphatic rings. The molecule has 0 saturated carbocycles.